The number of benzene rings is 3. The minimum absolute atomic E-state index is 0.116. The van der Waals surface area contributed by atoms with Crippen LogP contribution in [0, 0.1) is 5.92 Å². The average molecular weight is 1380 g/mol. The summed E-state index contributed by atoms with van der Waals surface area (Å²) in [7, 11) is 0. The number of nitrogens with one attached hydrogen (secondary N) is 12. The molecule has 23 N–H and O–H groups in total. The number of phenolic OH excluding ortho intramolecular Hbond substituents is 1. The van der Waals surface area contributed by atoms with Gasteiger partial charge in [-0.3, -0.25) is 71.9 Å². The molecule has 1 aliphatic heterocycles. The van der Waals surface area contributed by atoms with E-state index in [1.54, 1.807) is 48.5 Å². The number of carbonyl (C=O) groups is 16. The predicted octanol–water partition coefficient (Wildman–Crippen LogP) is -5.93. The molecule has 0 spiro atoms. The number of esters is 1. The number of H-pyrrole nitrogens is 2. The average Bonchev–Trinajstić information content (AvgIpc) is 1.78. The zero-order valence-corrected chi connectivity index (χ0v) is 52.3. The number of aliphatic carboxylic acids is 4. The second kappa shape index (κ2) is 34.4. The minimum atomic E-state index is -2.72. The van der Waals surface area contributed by atoms with Crippen LogP contribution in [0.2, 0.25) is 0 Å². The van der Waals surface area contributed by atoms with Gasteiger partial charge in [0, 0.05) is 46.2 Å². The molecular weight excluding hydrogens is 1310 g/mol. The standard InChI is InChI=1S/C61H70N14O24/c1-25(15-42(79)80)46-57(94)71-40(17-29-22-65-35-10-6-4-8-32(29)35)61(98)99-26(2)47(74-52(89)33(62)24-76)58(95)69-36(16-28-21-64-34-9-5-3-7-31(28)34)54(91)67-38(19-44(83)84)55(92)68-39(20-45(85)86)56(93)75-48(27-11-13-30(77)14-12-27)59(96)70-37(18-43(81)82)53(90)66-23-41(78)72-49(60(97)73-46)50(87)51(63)88/h3-14,17,21-22,25-26,33,36-39,46-50,64-65,76-77,87H,15-16,18-20,23-24,62H2,1-2H3,(H2,63,88)(H,66,90)(H,67,91)(H,68,92)(H,69,95)(H,70,96)(H,71,94)(H,72,78)(H,73,97)(H,74,89)(H,75,93)(H,79,80)(H,81,82)(H,83,84)(H,85,86)/b40-17-/t25-,26+,33-,36+,37-,38-,39-,46-,47-,48+,49+,50-/m1/s1. The smallest absolute Gasteiger partial charge is 0.355 e. The molecule has 2 aromatic heterocycles. The number of aromatic nitrogens is 2. The van der Waals surface area contributed by atoms with Crippen molar-refractivity contribution in [3.05, 3.63) is 108 Å². The van der Waals surface area contributed by atoms with E-state index < -0.39 is 224 Å². The Hall–Kier alpha value is -12.3. The molecule has 0 bridgehead atoms. The Morgan fingerprint density at radius 3 is 1.72 bits per heavy atom. The molecule has 99 heavy (non-hydrogen) atoms. The summed E-state index contributed by atoms with van der Waals surface area (Å²) in [6, 6.07) is -2.98. The number of aromatic hydroxyl groups is 1. The van der Waals surface area contributed by atoms with Gasteiger partial charge in [0.15, 0.2) is 6.10 Å². The van der Waals surface area contributed by atoms with Gasteiger partial charge >= 0.3 is 29.8 Å². The number of amides is 11. The summed E-state index contributed by atoms with van der Waals surface area (Å²) >= 11 is 0. The molecule has 3 aromatic carbocycles. The maximum atomic E-state index is 14.9. The minimum Gasteiger partial charge on any atom is -0.508 e. The second-order valence-corrected chi connectivity index (χ2v) is 22.5. The number of carbonyl (C=O) groups excluding carboxylic acids is 12. The highest BCUT2D eigenvalue weighted by atomic mass is 16.5. The first-order valence-corrected chi connectivity index (χ1v) is 29.8. The zero-order chi connectivity index (χ0) is 73.1. The molecule has 0 unspecified atom stereocenters. The first kappa shape index (κ1) is 75.7. The number of aliphatic hydroxyl groups is 2. The first-order valence-electron chi connectivity index (χ1n) is 29.8. The van der Waals surface area contributed by atoms with Crippen LogP contribution in [0.25, 0.3) is 27.9 Å². The number of cyclic esters (lactones) is 1. The Balaban J connectivity index is 1.53. The highest BCUT2D eigenvalue weighted by Crippen LogP contribution is 2.24. The Bertz CT molecular complexity index is 3980. The topological polar surface area (TPSA) is 628 Å². The van der Waals surface area contributed by atoms with Crippen LogP contribution < -0.4 is 64.6 Å². The molecule has 11 amide bonds. The number of hydrogen-bond donors (Lipinski definition) is 21. The van der Waals surface area contributed by atoms with Crippen LogP contribution in [0.5, 0.6) is 5.75 Å². The molecule has 6 rings (SSSR count). The SMILES string of the molecule is C[C@H](CC(=O)O)[C@H]1NC(=O)[C@H]([C@@H](O)C(N)=O)NC(=O)CNC(=O)[C@@H](CC(=O)O)NC(=O)[C@H](c2ccc(O)cc2)NC(=O)[C@@H](CC(=O)O)NC(=O)[C@@H](CC(=O)O)NC(=O)[C@H](Cc2c[nH]c3ccccc23)NC(=O)[C@H](NC(=O)[C@H](N)CO)[C@H](C)OC(=O)/C(=C/c2c[nH]c3ccccc23)NC1=O. The van der Waals surface area contributed by atoms with E-state index in [0.29, 0.717) is 21.8 Å². The largest absolute Gasteiger partial charge is 0.508 e. The molecular formula is C61H70N14O24. The Kier molecular flexibility index (Phi) is 26.3. The highest BCUT2D eigenvalue weighted by molar-refractivity contribution is 6.05. The lowest BCUT2D eigenvalue weighted by atomic mass is 9.96. The van der Waals surface area contributed by atoms with Gasteiger partial charge in [-0.05, 0) is 54.3 Å². The van der Waals surface area contributed by atoms with Crippen LogP contribution >= 0.6 is 0 Å². The van der Waals surface area contributed by atoms with E-state index in [4.69, 9.17) is 16.2 Å². The molecule has 1 aliphatic rings. The first-order chi connectivity index (χ1) is 46.7. The third-order valence-corrected chi connectivity index (χ3v) is 15.1. The van der Waals surface area contributed by atoms with Gasteiger partial charge in [-0.15, -0.1) is 0 Å². The van der Waals surface area contributed by atoms with Crippen LogP contribution in [-0.4, -0.2) is 214 Å². The van der Waals surface area contributed by atoms with E-state index in [1.165, 1.54) is 12.4 Å². The molecule has 3 heterocycles. The van der Waals surface area contributed by atoms with Gasteiger partial charge in [0.2, 0.25) is 65.0 Å². The molecule has 38 nitrogen and oxygen atoms in total. The van der Waals surface area contributed by atoms with Crippen LogP contribution in [-0.2, 0) is 87.9 Å². The van der Waals surface area contributed by atoms with E-state index in [9.17, 15) is 112 Å². The van der Waals surface area contributed by atoms with Crippen LogP contribution in [0.4, 0.5) is 0 Å². The maximum Gasteiger partial charge on any atom is 0.355 e. The Morgan fingerprint density at radius 2 is 1.14 bits per heavy atom. The van der Waals surface area contributed by atoms with Crippen molar-refractivity contribution in [2.45, 2.75) is 113 Å². The number of ether oxygens (including phenoxy) is 1. The highest BCUT2D eigenvalue weighted by Gasteiger charge is 2.41. The predicted molar refractivity (Wildman–Crippen MR) is 336 cm³/mol. The van der Waals surface area contributed by atoms with Crippen molar-refractivity contribution in [2.24, 2.45) is 17.4 Å². The summed E-state index contributed by atoms with van der Waals surface area (Å²) in [5.74, 6) is -27.2. The lowest BCUT2D eigenvalue weighted by molar-refractivity contribution is -0.150. The molecule has 528 valence electrons. The van der Waals surface area contributed by atoms with Gasteiger partial charge in [0.1, 0.15) is 71.9 Å². The molecule has 0 aliphatic carbocycles. The third-order valence-electron chi connectivity index (χ3n) is 15.1. The molecule has 1 fully saturated rings. The number of carboxylic acid groups (broad SMARTS) is 4. The maximum absolute atomic E-state index is 14.9. The van der Waals surface area contributed by atoms with Crippen molar-refractivity contribution in [1.29, 1.82) is 0 Å². The van der Waals surface area contributed by atoms with Crippen molar-refractivity contribution < 1.29 is 117 Å². The number of rotatable bonds is 18. The molecule has 12 atom stereocenters. The van der Waals surface area contributed by atoms with Crippen molar-refractivity contribution >= 4 is 123 Å². The number of primary amides is 1. The van der Waals surface area contributed by atoms with Gasteiger partial charge in [-0.2, -0.15) is 0 Å². The lowest BCUT2D eigenvalue weighted by Gasteiger charge is -2.29. The fourth-order valence-corrected chi connectivity index (χ4v) is 9.99. The lowest BCUT2D eigenvalue weighted by Crippen LogP contribution is -2.62. The molecule has 0 saturated carbocycles. The molecule has 1 saturated heterocycles. The van der Waals surface area contributed by atoms with E-state index in [-0.39, 0.29) is 16.7 Å². The van der Waals surface area contributed by atoms with Gasteiger partial charge in [0.05, 0.1) is 38.8 Å². The van der Waals surface area contributed by atoms with Gasteiger partial charge in [-0.25, -0.2) is 4.79 Å². The van der Waals surface area contributed by atoms with Gasteiger partial charge in [-0.1, -0.05) is 55.5 Å². The van der Waals surface area contributed by atoms with Crippen molar-refractivity contribution in [1.82, 2.24) is 63.1 Å². The van der Waals surface area contributed by atoms with E-state index >= 15 is 0 Å². The zero-order valence-electron chi connectivity index (χ0n) is 52.3. The number of phenols is 1. The number of carboxylic acids is 4. The molecule has 5 aromatic rings. The normalized spacial score (nSPS) is 23.1. The third kappa shape index (κ3) is 21.1. The molecule has 0 radical (unpaired) electrons. The monoisotopic (exact) mass is 1380 g/mol. The summed E-state index contributed by atoms with van der Waals surface area (Å²) in [6.07, 6.45) is -6.55. The van der Waals surface area contributed by atoms with Crippen molar-refractivity contribution in [2.75, 3.05) is 13.2 Å². The number of aliphatic hydroxyl groups excluding tert-OH is 2. The fourth-order valence-electron chi connectivity index (χ4n) is 9.99. The fraction of sp³-hybridized carbons (Fsp3) is 0.344. The number of para-hydroxylation sites is 2. The summed E-state index contributed by atoms with van der Waals surface area (Å²) in [5, 5.41) is 92.7. The van der Waals surface area contributed by atoms with Gasteiger partial charge < -0.3 is 115 Å². The van der Waals surface area contributed by atoms with Gasteiger partial charge in [0.25, 0.3) is 0 Å². The van der Waals surface area contributed by atoms with Crippen molar-refractivity contribution in [3.8, 4) is 5.75 Å². The summed E-state index contributed by atoms with van der Waals surface area (Å²) in [6.45, 7) is -0.267. The van der Waals surface area contributed by atoms with Crippen molar-refractivity contribution in [3.63, 3.8) is 0 Å². The van der Waals surface area contributed by atoms with E-state index in [0.717, 1.165) is 44.2 Å². The number of aromatic amines is 2. The van der Waals surface area contributed by atoms with Crippen LogP contribution in [0.3, 0.4) is 0 Å². The quantitative estimate of drug-likeness (QED) is 0.0287. The summed E-state index contributed by atoms with van der Waals surface area (Å²) in [5.41, 5.74) is 11.3. The number of fused-ring (bicyclic) bond motifs is 2. The second-order valence-electron chi connectivity index (χ2n) is 22.5. The van der Waals surface area contributed by atoms with E-state index in [2.05, 4.69) is 41.9 Å². The number of hydrogen-bond acceptors (Lipinski definition) is 21. The summed E-state index contributed by atoms with van der Waals surface area (Å²) in [4.78, 5) is 225. The molecule has 38 heteroatoms. The van der Waals surface area contributed by atoms with Crippen LogP contribution in [0.15, 0.2) is 90.9 Å². The number of nitrogens with two attached hydrogens (primary N) is 2. The summed E-state index contributed by atoms with van der Waals surface area (Å²) < 4.78 is 5.75. The van der Waals surface area contributed by atoms with E-state index in [1.807, 2.05) is 21.3 Å². The van der Waals surface area contributed by atoms with Crippen LogP contribution in [0.1, 0.15) is 62.3 Å². The Labute approximate surface area is 557 Å². The Morgan fingerprint density at radius 1 is 0.616 bits per heavy atom.